The third kappa shape index (κ3) is 4.06. The van der Waals surface area contributed by atoms with Crippen LogP contribution in [0.4, 0.5) is 13.2 Å². The average molecular weight is 359 g/mol. The molecule has 0 aliphatic heterocycles. The van der Waals surface area contributed by atoms with E-state index in [0.29, 0.717) is 10.9 Å². The first-order chi connectivity index (χ1) is 10.0. The Balaban J connectivity index is 2.15. The highest BCUT2D eigenvalue weighted by Gasteiger charge is 2.15. The van der Waals surface area contributed by atoms with E-state index in [9.17, 15) is 13.2 Å². The van der Waals surface area contributed by atoms with Crippen molar-refractivity contribution in [3.05, 3.63) is 69.4 Å². The Morgan fingerprint density at radius 2 is 1.76 bits per heavy atom. The van der Waals surface area contributed by atoms with Gasteiger partial charge in [-0.05, 0) is 42.2 Å². The molecule has 0 fully saturated rings. The van der Waals surface area contributed by atoms with Gasteiger partial charge in [-0.25, -0.2) is 13.2 Å². The zero-order valence-corrected chi connectivity index (χ0v) is 12.6. The van der Waals surface area contributed by atoms with Crippen molar-refractivity contribution in [1.82, 2.24) is 5.43 Å². The van der Waals surface area contributed by atoms with Gasteiger partial charge in [-0.1, -0.05) is 34.1 Å². The minimum absolute atomic E-state index is 0.226. The smallest absolute Gasteiger partial charge is 0.162 e. The minimum atomic E-state index is -0.883. The maximum atomic E-state index is 13.7. The van der Waals surface area contributed by atoms with Crippen molar-refractivity contribution >= 4 is 15.9 Å². The summed E-state index contributed by atoms with van der Waals surface area (Å²) in [5.41, 5.74) is 3.66. The first-order valence-electron chi connectivity index (χ1n) is 6.34. The van der Waals surface area contributed by atoms with Crippen LogP contribution in [-0.2, 0) is 12.8 Å². The summed E-state index contributed by atoms with van der Waals surface area (Å²) in [5, 5.41) is 0. The first-order valence-corrected chi connectivity index (χ1v) is 7.13. The quantitative estimate of drug-likeness (QED) is 0.634. The molecular formula is C15H14BrF3N2. The van der Waals surface area contributed by atoms with E-state index in [0.717, 1.165) is 11.6 Å². The Morgan fingerprint density at radius 1 is 1.05 bits per heavy atom. The van der Waals surface area contributed by atoms with E-state index in [1.54, 1.807) is 6.07 Å². The standard InChI is InChI=1S/C15H14BrF3N2/c16-13-8-11(17)5-4-9(13)6-12(21-20)7-10-2-1-3-14(18)15(10)19/h1-5,8,12,21H,6-7,20H2. The van der Waals surface area contributed by atoms with Crippen molar-refractivity contribution in [1.29, 1.82) is 0 Å². The lowest BCUT2D eigenvalue weighted by molar-refractivity contribution is 0.473. The fraction of sp³-hybridized carbons (Fsp3) is 0.200. The zero-order chi connectivity index (χ0) is 15.4. The summed E-state index contributed by atoms with van der Waals surface area (Å²) < 4.78 is 40.5. The van der Waals surface area contributed by atoms with E-state index in [1.807, 2.05) is 0 Å². The van der Waals surface area contributed by atoms with Crippen molar-refractivity contribution in [3.8, 4) is 0 Å². The second kappa shape index (κ2) is 7.06. The summed E-state index contributed by atoms with van der Waals surface area (Å²) in [4.78, 5) is 0. The zero-order valence-electron chi connectivity index (χ0n) is 11.0. The lowest BCUT2D eigenvalue weighted by Crippen LogP contribution is -2.38. The molecule has 3 N–H and O–H groups in total. The van der Waals surface area contributed by atoms with Gasteiger partial charge in [0.1, 0.15) is 5.82 Å². The van der Waals surface area contributed by atoms with Crippen LogP contribution in [0.2, 0.25) is 0 Å². The molecule has 1 unspecified atom stereocenters. The predicted molar refractivity (Wildman–Crippen MR) is 79.0 cm³/mol. The van der Waals surface area contributed by atoms with Crippen LogP contribution in [-0.4, -0.2) is 6.04 Å². The summed E-state index contributed by atoms with van der Waals surface area (Å²) >= 11 is 3.27. The Kier molecular flexibility index (Phi) is 5.39. The molecule has 0 spiro atoms. The molecule has 2 aromatic carbocycles. The number of rotatable bonds is 5. The van der Waals surface area contributed by atoms with Gasteiger partial charge < -0.3 is 0 Å². The molecule has 0 amide bonds. The van der Waals surface area contributed by atoms with Crippen molar-refractivity contribution in [2.24, 2.45) is 5.84 Å². The van der Waals surface area contributed by atoms with Gasteiger partial charge in [0, 0.05) is 10.5 Å². The first kappa shape index (κ1) is 16.0. The van der Waals surface area contributed by atoms with Crippen LogP contribution in [0.5, 0.6) is 0 Å². The normalized spacial score (nSPS) is 12.4. The number of nitrogens with two attached hydrogens (primary N) is 1. The Hall–Kier alpha value is -1.37. The van der Waals surface area contributed by atoms with E-state index in [4.69, 9.17) is 5.84 Å². The lowest BCUT2D eigenvalue weighted by Gasteiger charge is -2.17. The van der Waals surface area contributed by atoms with E-state index >= 15 is 0 Å². The van der Waals surface area contributed by atoms with Crippen molar-refractivity contribution in [3.63, 3.8) is 0 Å². The number of halogens is 4. The van der Waals surface area contributed by atoms with E-state index in [-0.39, 0.29) is 23.8 Å². The molecule has 0 aromatic heterocycles. The molecule has 0 heterocycles. The maximum absolute atomic E-state index is 13.7. The molecule has 0 saturated heterocycles. The number of hydrogen-bond donors (Lipinski definition) is 2. The SMILES string of the molecule is NNC(Cc1ccc(F)cc1Br)Cc1cccc(F)c1F. The third-order valence-corrected chi connectivity index (χ3v) is 3.95. The van der Waals surface area contributed by atoms with Gasteiger partial charge in [-0.15, -0.1) is 0 Å². The second-order valence-corrected chi connectivity index (χ2v) is 5.57. The van der Waals surface area contributed by atoms with Gasteiger partial charge >= 0.3 is 0 Å². The molecule has 0 saturated carbocycles. The third-order valence-electron chi connectivity index (χ3n) is 3.22. The Labute approximate surface area is 129 Å². The average Bonchev–Trinajstić information content (AvgIpc) is 2.45. The van der Waals surface area contributed by atoms with Crippen molar-refractivity contribution in [2.75, 3.05) is 0 Å². The van der Waals surface area contributed by atoms with Gasteiger partial charge in [-0.3, -0.25) is 11.3 Å². The Bertz CT molecular complexity index is 634. The fourth-order valence-corrected chi connectivity index (χ4v) is 2.63. The van der Waals surface area contributed by atoms with Crippen LogP contribution in [0, 0.1) is 17.5 Å². The van der Waals surface area contributed by atoms with E-state index < -0.39 is 11.6 Å². The number of nitrogens with one attached hydrogen (secondary N) is 1. The Morgan fingerprint density at radius 3 is 2.43 bits per heavy atom. The summed E-state index contributed by atoms with van der Waals surface area (Å²) in [7, 11) is 0. The molecule has 0 radical (unpaired) electrons. The maximum Gasteiger partial charge on any atom is 0.162 e. The molecule has 2 rings (SSSR count). The highest BCUT2D eigenvalue weighted by atomic mass is 79.9. The van der Waals surface area contributed by atoms with E-state index in [2.05, 4.69) is 21.4 Å². The van der Waals surface area contributed by atoms with Crippen molar-refractivity contribution < 1.29 is 13.2 Å². The van der Waals surface area contributed by atoms with Crippen LogP contribution < -0.4 is 11.3 Å². The van der Waals surface area contributed by atoms with Crippen LogP contribution >= 0.6 is 15.9 Å². The van der Waals surface area contributed by atoms with Crippen LogP contribution in [0.15, 0.2) is 40.9 Å². The summed E-state index contributed by atoms with van der Waals surface area (Å²) in [6.45, 7) is 0. The highest BCUT2D eigenvalue weighted by molar-refractivity contribution is 9.10. The molecule has 2 nitrogen and oxygen atoms in total. The topological polar surface area (TPSA) is 38.0 Å². The van der Waals surface area contributed by atoms with Gasteiger partial charge in [0.2, 0.25) is 0 Å². The molecule has 21 heavy (non-hydrogen) atoms. The molecule has 0 aliphatic carbocycles. The molecule has 2 aromatic rings. The van der Waals surface area contributed by atoms with Crippen molar-refractivity contribution in [2.45, 2.75) is 18.9 Å². The largest absolute Gasteiger partial charge is 0.271 e. The predicted octanol–water partition coefficient (Wildman–Crippen LogP) is 3.48. The molecule has 6 heteroatoms. The number of benzene rings is 2. The van der Waals surface area contributed by atoms with Gasteiger partial charge in [0.15, 0.2) is 11.6 Å². The molecule has 0 bridgehead atoms. The van der Waals surface area contributed by atoms with Crippen LogP contribution in [0.3, 0.4) is 0 Å². The number of hydrogen-bond acceptors (Lipinski definition) is 2. The molecule has 1 atom stereocenters. The van der Waals surface area contributed by atoms with Gasteiger partial charge in [-0.2, -0.15) is 0 Å². The van der Waals surface area contributed by atoms with E-state index in [1.165, 1.54) is 24.3 Å². The van der Waals surface area contributed by atoms with Gasteiger partial charge in [0.05, 0.1) is 0 Å². The monoisotopic (exact) mass is 358 g/mol. The summed E-state index contributed by atoms with van der Waals surface area (Å²) in [5.74, 6) is 3.38. The summed E-state index contributed by atoms with van der Waals surface area (Å²) in [6, 6.07) is 8.06. The second-order valence-electron chi connectivity index (χ2n) is 4.72. The fourth-order valence-electron chi connectivity index (χ4n) is 2.11. The number of hydrazine groups is 1. The highest BCUT2D eigenvalue weighted by Crippen LogP contribution is 2.21. The molecule has 0 aliphatic rings. The van der Waals surface area contributed by atoms with Crippen LogP contribution in [0.1, 0.15) is 11.1 Å². The van der Waals surface area contributed by atoms with Crippen LogP contribution in [0.25, 0.3) is 0 Å². The summed E-state index contributed by atoms with van der Waals surface area (Å²) in [6.07, 6.45) is 0.678. The molecule has 112 valence electrons. The van der Waals surface area contributed by atoms with Gasteiger partial charge in [0.25, 0.3) is 0 Å². The molecular weight excluding hydrogens is 345 g/mol. The minimum Gasteiger partial charge on any atom is -0.271 e. The lowest BCUT2D eigenvalue weighted by atomic mass is 9.99.